The third kappa shape index (κ3) is 4.25. The van der Waals surface area contributed by atoms with Crippen molar-refractivity contribution in [3.05, 3.63) is 47.8 Å². The third-order valence-electron chi connectivity index (χ3n) is 3.96. The van der Waals surface area contributed by atoms with Crippen molar-refractivity contribution in [3.63, 3.8) is 0 Å². The zero-order valence-corrected chi connectivity index (χ0v) is 15.4. The standard InChI is InChI=1S/C19H18F2N4O3/c1-11-14-9-13(10-22-18(14)25(2)24-11)23-17(26)7-5-12-4-6-15(28-19(20)21)16(8-12)27-3/h4-10,19H,1-3H3,(H,23,26)/b7-5+. The number of hydrogen-bond acceptors (Lipinski definition) is 5. The Kier molecular flexibility index (Phi) is 5.53. The van der Waals surface area contributed by atoms with Crippen molar-refractivity contribution in [2.24, 2.45) is 7.05 Å². The number of hydrogen-bond donors (Lipinski definition) is 1. The van der Waals surface area contributed by atoms with Crippen molar-refractivity contribution < 1.29 is 23.0 Å². The summed E-state index contributed by atoms with van der Waals surface area (Å²) in [6, 6.07) is 6.19. The van der Waals surface area contributed by atoms with Crippen LogP contribution < -0.4 is 14.8 Å². The number of fused-ring (bicyclic) bond motifs is 1. The highest BCUT2D eigenvalue weighted by atomic mass is 19.3. The van der Waals surface area contributed by atoms with Gasteiger partial charge in [0.15, 0.2) is 17.1 Å². The van der Waals surface area contributed by atoms with Gasteiger partial charge in [-0.3, -0.25) is 9.48 Å². The molecule has 3 aromatic rings. The summed E-state index contributed by atoms with van der Waals surface area (Å²) in [6.45, 7) is -1.08. The number of carbonyl (C=O) groups excluding carboxylic acids is 1. The molecule has 0 aliphatic heterocycles. The molecule has 1 amide bonds. The van der Waals surface area contributed by atoms with Crippen molar-refractivity contribution in [3.8, 4) is 11.5 Å². The van der Waals surface area contributed by atoms with E-state index in [4.69, 9.17) is 4.74 Å². The van der Waals surface area contributed by atoms with E-state index in [0.29, 0.717) is 11.3 Å². The molecule has 2 heterocycles. The van der Waals surface area contributed by atoms with E-state index in [0.717, 1.165) is 16.7 Å². The Balaban J connectivity index is 1.72. The van der Waals surface area contributed by atoms with E-state index in [2.05, 4.69) is 20.1 Å². The molecule has 0 radical (unpaired) electrons. The zero-order valence-electron chi connectivity index (χ0n) is 15.4. The fourth-order valence-corrected chi connectivity index (χ4v) is 2.71. The number of aromatic nitrogens is 3. The molecule has 9 heteroatoms. The fourth-order valence-electron chi connectivity index (χ4n) is 2.71. The van der Waals surface area contributed by atoms with Crippen molar-refractivity contribution >= 4 is 28.7 Å². The second-order valence-corrected chi connectivity index (χ2v) is 5.92. The van der Waals surface area contributed by atoms with Crippen LogP contribution in [0.2, 0.25) is 0 Å². The summed E-state index contributed by atoms with van der Waals surface area (Å²) in [5.74, 6) is -0.301. The Morgan fingerprint density at radius 2 is 2.07 bits per heavy atom. The molecular formula is C19H18F2N4O3. The fraction of sp³-hybridized carbons (Fsp3) is 0.211. The number of anilines is 1. The average molecular weight is 388 g/mol. The maximum Gasteiger partial charge on any atom is 0.387 e. The lowest BCUT2D eigenvalue weighted by Gasteiger charge is -2.10. The molecule has 0 saturated heterocycles. The maximum absolute atomic E-state index is 12.4. The number of alkyl halides is 2. The number of aryl methyl sites for hydroxylation is 2. The highest BCUT2D eigenvalue weighted by Crippen LogP contribution is 2.29. The Morgan fingerprint density at radius 3 is 2.79 bits per heavy atom. The number of pyridine rings is 1. The predicted octanol–water partition coefficient (Wildman–Crippen LogP) is 3.54. The first-order valence-electron chi connectivity index (χ1n) is 8.28. The minimum atomic E-state index is -2.95. The van der Waals surface area contributed by atoms with E-state index >= 15 is 0 Å². The molecule has 146 valence electrons. The lowest BCUT2D eigenvalue weighted by molar-refractivity contribution is -0.111. The van der Waals surface area contributed by atoms with Crippen LogP contribution in [0.4, 0.5) is 14.5 Å². The number of nitrogens with one attached hydrogen (secondary N) is 1. The molecule has 28 heavy (non-hydrogen) atoms. The van der Waals surface area contributed by atoms with Crippen LogP contribution in [0.5, 0.6) is 11.5 Å². The van der Waals surface area contributed by atoms with E-state index in [1.807, 2.05) is 6.92 Å². The highest BCUT2D eigenvalue weighted by Gasteiger charge is 2.11. The number of nitrogens with zero attached hydrogens (tertiary/aromatic N) is 3. The molecule has 0 fully saturated rings. The molecule has 1 N–H and O–H groups in total. The Morgan fingerprint density at radius 1 is 1.29 bits per heavy atom. The normalized spacial score (nSPS) is 11.4. The van der Waals surface area contributed by atoms with Crippen LogP contribution in [0.3, 0.4) is 0 Å². The van der Waals surface area contributed by atoms with E-state index in [1.54, 1.807) is 24.0 Å². The predicted molar refractivity (Wildman–Crippen MR) is 101 cm³/mol. The summed E-state index contributed by atoms with van der Waals surface area (Å²) < 4.78 is 35.8. The molecule has 1 aromatic carbocycles. The molecular weight excluding hydrogens is 370 g/mol. The van der Waals surface area contributed by atoms with E-state index < -0.39 is 6.61 Å². The maximum atomic E-state index is 12.4. The lowest BCUT2D eigenvalue weighted by Crippen LogP contribution is -2.08. The van der Waals surface area contributed by atoms with Crippen LogP contribution in [0, 0.1) is 6.92 Å². The van der Waals surface area contributed by atoms with Crippen molar-refractivity contribution in [2.75, 3.05) is 12.4 Å². The van der Waals surface area contributed by atoms with E-state index in [9.17, 15) is 13.6 Å². The minimum absolute atomic E-state index is 0.0784. The largest absolute Gasteiger partial charge is 0.493 e. The number of carbonyl (C=O) groups is 1. The van der Waals surface area contributed by atoms with Gasteiger partial charge in [-0.1, -0.05) is 6.07 Å². The molecule has 0 aliphatic rings. The van der Waals surface area contributed by atoms with Gasteiger partial charge in [0.25, 0.3) is 0 Å². The van der Waals surface area contributed by atoms with Gasteiger partial charge in [-0.15, -0.1) is 0 Å². The second-order valence-electron chi connectivity index (χ2n) is 5.92. The summed E-state index contributed by atoms with van der Waals surface area (Å²) in [7, 11) is 3.15. The molecule has 0 spiro atoms. The van der Waals surface area contributed by atoms with Gasteiger partial charge in [-0.2, -0.15) is 13.9 Å². The van der Waals surface area contributed by atoms with Gasteiger partial charge in [0.2, 0.25) is 5.91 Å². The van der Waals surface area contributed by atoms with Crippen LogP contribution >= 0.6 is 0 Å². The number of methoxy groups -OCH3 is 1. The lowest BCUT2D eigenvalue weighted by atomic mass is 10.2. The van der Waals surface area contributed by atoms with Crippen molar-refractivity contribution in [2.45, 2.75) is 13.5 Å². The number of halogens is 2. The molecule has 3 rings (SSSR count). The van der Waals surface area contributed by atoms with Crippen LogP contribution in [-0.2, 0) is 11.8 Å². The average Bonchev–Trinajstić information content (AvgIpc) is 2.94. The summed E-state index contributed by atoms with van der Waals surface area (Å²) in [5.41, 5.74) is 2.67. The first kappa shape index (κ1) is 19.3. The first-order chi connectivity index (χ1) is 13.4. The zero-order chi connectivity index (χ0) is 20.3. The van der Waals surface area contributed by atoms with Crippen LogP contribution in [0.1, 0.15) is 11.3 Å². The van der Waals surface area contributed by atoms with E-state index in [1.165, 1.54) is 37.5 Å². The highest BCUT2D eigenvalue weighted by molar-refractivity contribution is 6.02. The summed E-state index contributed by atoms with van der Waals surface area (Å²) in [4.78, 5) is 16.5. The minimum Gasteiger partial charge on any atom is -0.493 e. The smallest absolute Gasteiger partial charge is 0.387 e. The summed E-state index contributed by atoms with van der Waals surface area (Å²) in [5, 5.41) is 7.86. The SMILES string of the molecule is COc1cc(/C=C/C(=O)Nc2cnc3c(c2)c(C)nn3C)ccc1OC(F)F. The third-order valence-corrected chi connectivity index (χ3v) is 3.96. The van der Waals surface area contributed by atoms with Gasteiger partial charge in [-0.05, 0) is 36.8 Å². The summed E-state index contributed by atoms with van der Waals surface area (Å²) in [6.07, 6.45) is 4.41. The van der Waals surface area contributed by atoms with Gasteiger partial charge in [0.1, 0.15) is 0 Å². The number of amides is 1. The number of rotatable bonds is 6. The molecule has 7 nitrogen and oxygen atoms in total. The van der Waals surface area contributed by atoms with Crippen molar-refractivity contribution in [1.82, 2.24) is 14.8 Å². The monoisotopic (exact) mass is 388 g/mol. The molecule has 0 aliphatic carbocycles. The Hall–Kier alpha value is -3.49. The van der Waals surface area contributed by atoms with Gasteiger partial charge in [-0.25, -0.2) is 4.98 Å². The van der Waals surface area contributed by atoms with Gasteiger partial charge in [0.05, 0.1) is 24.7 Å². The Labute approximate surface area is 159 Å². The number of benzene rings is 1. The van der Waals surface area contributed by atoms with Gasteiger partial charge >= 0.3 is 6.61 Å². The van der Waals surface area contributed by atoms with Gasteiger partial charge < -0.3 is 14.8 Å². The van der Waals surface area contributed by atoms with Crippen molar-refractivity contribution in [1.29, 1.82) is 0 Å². The quantitative estimate of drug-likeness (QED) is 0.654. The van der Waals surface area contributed by atoms with Crippen LogP contribution in [0.25, 0.3) is 17.1 Å². The van der Waals surface area contributed by atoms with Crippen LogP contribution in [0.15, 0.2) is 36.5 Å². The van der Waals surface area contributed by atoms with E-state index in [-0.39, 0.29) is 17.4 Å². The molecule has 0 unspecified atom stereocenters. The molecule has 0 saturated carbocycles. The first-order valence-corrected chi connectivity index (χ1v) is 8.28. The van der Waals surface area contributed by atoms with Crippen LogP contribution in [-0.4, -0.2) is 34.4 Å². The molecule has 0 bridgehead atoms. The topological polar surface area (TPSA) is 78.3 Å². The summed E-state index contributed by atoms with van der Waals surface area (Å²) >= 11 is 0. The molecule has 0 atom stereocenters. The van der Waals surface area contributed by atoms with Gasteiger partial charge in [0, 0.05) is 18.5 Å². The number of ether oxygens (including phenoxy) is 2. The molecule has 2 aromatic heterocycles. The second kappa shape index (κ2) is 8.03. The Bertz CT molecular complexity index is 1050.